The third-order valence-electron chi connectivity index (χ3n) is 3.97. The number of nitrogens with one attached hydrogen (secondary N) is 1. The molecular formula is C18H23N5O2S. The maximum Gasteiger partial charge on any atom is 0.239 e. The summed E-state index contributed by atoms with van der Waals surface area (Å²) in [6.07, 6.45) is 0.924. The van der Waals surface area contributed by atoms with Crippen LogP contribution in [0.5, 0.6) is 5.75 Å². The Labute approximate surface area is 156 Å². The minimum absolute atomic E-state index is 0.00195. The van der Waals surface area contributed by atoms with E-state index in [4.69, 9.17) is 9.72 Å². The molecule has 0 radical (unpaired) electrons. The summed E-state index contributed by atoms with van der Waals surface area (Å²) < 4.78 is 8.06. The SMILES string of the molecule is CCCNC(=O)CN(C)c1nc2c(s1)c(C)nn2-c1ccc(OC)cc1. The summed E-state index contributed by atoms with van der Waals surface area (Å²) >= 11 is 1.55. The standard InChI is InChI=1S/C18H23N5O2S/c1-5-10-19-15(24)11-22(3)18-20-17-16(26-18)12(2)21-23(17)13-6-8-14(25-4)9-7-13/h6-9H,5,10-11H2,1-4H3,(H,19,24). The van der Waals surface area contributed by atoms with Crippen LogP contribution in [-0.2, 0) is 4.79 Å². The molecule has 0 saturated heterocycles. The fraction of sp³-hybridized carbons (Fsp3) is 0.389. The predicted molar refractivity (Wildman–Crippen MR) is 105 cm³/mol. The Hall–Kier alpha value is -2.61. The number of methoxy groups -OCH3 is 1. The molecule has 0 saturated carbocycles. The number of likely N-dealkylation sites (N-methyl/N-ethyl adjacent to an activating group) is 1. The second-order valence-electron chi connectivity index (χ2n) is 6.05. The van der Waals surface area contributed by atoms with Gasteiger partial charge in [0, 0.05) is 13.6 Å². The number of thiazole rings is 1. The number of ether oxygens (including phenoxy) is 1. The van der Waals surface area contributed by atoms with Crippen molar-refractivity contribution in [1.29, 1.82) is 0 Å². The molecule has 2 aromatic heterocycles. The Morgan fingerprint density at radius 3 is 2.73 bits per heavy atom. The van der Waals surface area contributed by atoms with Crippen LogP contribution in [-0.4, -0.2) is 47.9 Å². The van der Waals surface area contributed by atoms with Gasteiger partial charge in [0.1, 0.15) is 5.75 Å². The lowest BCUT2D eigenvalue weighted by molar-refractivity contribution is -0.119. The maximum absolute atomic E-state index is 11.9. The second kappa shape index (κ2) is 7.74. The number of carbonyl (C=O) groups is 1. The van der Waals surface area contributed by atoms with E-state index in [0.717, 1.165) is 39.0 Å². The summed E-state index contributed by atoms with van der Waals surface area (Å²) in [5.74, 6) is 0.799. The molecule has 1 N–H and O–H groups in total. The summed E-state index contributed by atoms with van der Waals surface area (Å²) in [5, 5.41) is 8.29. The number of rotatable bonds is 7. The average molecular weight is 373 g/mol. The van der Waals surface area contributed by atoms with Crippen molar-refractivity contribution in [3.63, 3.8) is 0 Å². The molecule has 0 aliphatic heterocycles. The van der Waals surface area contributed by atoms with E-state index in [2.05, 4.69) is 10.4 Å². The predicted octanol–water partition coefficient (Wildman–Crippen LogP) is 2.76. The molecule has 1 amide bonds. The highest BCUT2D eigenvalue weighted by Crippen LogP contribution is 2.32. The molecule has 3 aromatic rings. The van der Waals surface area contributed by atoms with Crippen molar-refractivity contribution in [2.45, 2.75) is 20.3 Å². The fourth-order valence-electron chi connectivity index (χ4n) is 2.59. The number of aromatic nitrogens is 3. The first-order chi connectivity index (χ1) is 12.5. The highest BCUT2D eigenvalue weighted by molar-refractivity contribution is 7.22. The number of nitrogens with zero attached hydrogens (tertiary/aromatic N) is 4. The first-order valence-corrected chi connectivity index (χ1v) is 9.33. The summed E-state index contributed by atoms with van der Waals surface area (Å²) in [6.45, 7) is 4.98. The molecule has 8 heteroatoms. The Bertz CT molecular complexity index is 900. The van der Waals surface area contributed by atoms with Crippen molar-refractivity contribution in [2.75, 3.05) is 32.1 Å². The molecule has 0 aliphatic carbocycles. The van der Waals surface area contributed by atoms with Crippen molar-refractivity contribution in [3.05, 3.63) is 30.0 Å². The molecule has 3 rings (SSSR count). The van der Waals surface area contributed by atoms with E-state index in [-0.39, 0.29) is 12.5 Å². The van der Waals surface area contributed by atoms with Gasteiger partial charge in [-0.05, 0) is 37.6 Å². The van der Waals surface area contributed by atoms with Gasteiger partial charge in [0.15, 0.2) is 10.8 Å². The van der Waals surface area contributed by atoms with E-state index in [1.54, 1.807) is 18.4 Å². The van der Waals surface area contributed by atoms with Gasteiger partial charge in [-0.25, -0.2) is 4.68 Å². The molecule has 2 heterocycles. The number of fused-ring (bicyclic) bond motifs is 1. The molecule has 7 nitrogen and oxygen atoms in total. The van der Waals surface area contributed by atoms with Crippen LogP contribution in [0, 0.1) is 6.92 Å². The lowest BCUT2D eigenvalue weighted by Gasteiger charge is -2.15. The van der Waals surface area contributed by atoms with Gasteiger partial charge in [0.2, 0.25) is 5.91 Å². The second-order valence-corrected chi connectivity index (χ2v) is 7.03. The van der Waals surface area contributed by atoms with Gasteiger partial charge in [-0.2, -0.15) is 10.1 Å². The van der Waals surface area contributed by atoms with Crippen molar-refractivity contribution < 1.29 is 9.53 Å². The minimum atomic E-state index is 0.00195. The van der Waals surface area contributed by atoms with E-state index in [1.165, 1.54) is 0 Å². The van der Waals surface area contributed by atoms with Gasteiger partial charge in [0.05, 0.1) is 29.7 Å². The van der Waals surface area contributed by atoms with Crippen LogP contribution < -0.4 is 15.0 Å². The molecule has 0 atom stereocenters. The van der Waals surface area contributed by atoms with Crippen LogP contribution in [0.3, 0.4) is 0 Å². The molecule has 1 aromatic carbocycles. The minimum Gasteiger partial charge on any atom is -0.497 e. The monoisotopic (exact) mass is 373 g/mol. The lowest BCUT2D eigenvalue weighted by Crippen LogP contribution is -2.35. The maximum atomic E-state index is 11.9. The highest BCUT2D eigenvalue weighted by Gasteiger charge is 2.18. The molecule has 0 fully saturated rings. The van der Waals surface area contributed by atoms with E-state index in [1.807, 2.05) is 54.7 Å². The lowest BCUT2D eigenvalue weighted by atomic mass is 10.3. The van der Waals surface area contributed by atoms with Gasteiger partial charge >= 0.3 is 0 Å². The Morgan fingerprint density at radius 2 is 2.08 bits per heavy atom. The third kappa shape index (κ3) is 3.65. The number of hydrogen-bond donors (Lipinski definition) is 1. The number of carbonyl (C=O) groups excluding carboxylic acids is 1. The molecule has 0 unspecified atom stereocenters. The molecule has 0 bridgehead atoms. The van der Waals surface area contributed by atoms with Gasteiger partial charge in [-0.3, -0.25) is 4.79 Å². The summed E-state index contributed by atoms with van der Waals surface area (Å²) in [4.78, 5) is 18.5. The van der Waals surface area contributed by atoms with Crippen molar-refractivity contribution in [1.82, 2.24) is 20.1 Å². The van der Waals surface area contributed by atoms with Crippen LogP contribution in [0.4, 0.5) is 5.13 Å². The summed E-state index contributed by atoms with van der Waals surface area (Å²) in [5.41, 5.74) is 2.64. The van der Waals surface area contributed by atoms with Gasteiger partial charge in [0.25, 0.3) is 0 Å². The Morgan fingerprint density at radius 1 is 1.35 bits per heavy atom. The van der Waals surface area contributed by atoms with Crippen LogP contribution in [0.2, 0.25) is 0 Å². The molecule has 0 aliphatic rings. The van der Waals surface area contributed by atoms with E-state index >= 15 is 0 Å². The third-order valence-corrected chi connectivity index (χ3v) is 5.24. The number of anilines is 1. The highest BCUT2D eigenvalue weighted by atomic mass is 32.1. The number of benzene rings is 1. The van der Waals surface area contributed by atoms with Crippen molar-refractivity contribution in [3.8, 4) is 11.4 Å². The number of amides is 1. The van der Waals surface area contributed by atoms with Crippen molar-refractivity contribution >= 4 is 32.7 Å². The van der Waals surface area contributed by atoms with E-state index in [9.17, 15) is 4.79 Å². The van der Waals surface area contributed by atoms with Gasteiger partial charge < -0.3 is 15.0 Å². The zero-order valence-corrected chi connectivity index (χ0v) is 16.3. The quantitative estimate of drug-likeness (QED) is 0.689. The zero-order chi connectivity index (χ0) is 18.7. The number of aryl methyl sites for hydroxylation is 1. The van der Waals surface area contributed by atoms with E-state index < -0.39 is 0 Å². The number of hydrogen-bond acceptors (Lipinski definition) is 6. The summed E-state index contributed by atoms with van der Waals surface area (Å²) in [6, 6.07) is 7.70. The average Bonchev–Trinajstić information content (AvgIpc) is 3.21. The van der Waals surface area contributed by atoms with Crippen LogP contribution in [0.15, 0.2) is 24.3 Å². The Balaban J connectivity index is 1.87. The van der Waals surface area contributed by atoms with Crippen LogP contribution >= 0.6 is 11.3 Å². The molecule has 138 valence electrons. The Kier molecular flexibility index (Phi) is 5.41. The van der Waals surface area contributed by atoms with Gasteiger partial charge in [-0.15, -0.1) is 0 Å². The van der Waals surface area contributed by atoms with Crippen LogP contribution in [0.25, 0.3) is 16.0 Å². The van der Waals surface area contributed by atoms with Gasteiger partial charge in [-0.1, -0.05) is 18.3 Å². The zero-order valence-electron chi connectivity index (χ0n) is 15.4. The first-order valence-electron chi connectivity index (χ1n) is 8.52. The fourth-order valence-corrected chi connectivity index (χ4v) is 3.54. The van der Waals surface area contributed by atoms with E-state index in [0.29, 0.717) is 6.54 Å². The molecule has 26 heavy (non-hydrogen) atoms. The first kappa shape index (κ1) is 18.2. The largest absolute Gasteiger partial charge is 0.497 e. The van der Waals surface area contributed by atoms with Crippen molar-refractivity contribution in [2.24, 2.45) is 0 Å². The summed E-state index contributed by atoms with van der Waals surface area (Å²) in [7, 11) is 3.52. The van der Waals surface area contributed by atoms with Crippen LogP contribution in [0.1, 0.15) is 19.0 Å². The molecular weight excluding hydrogens is 350 g/mol. The normalized spacial score (nSPS) is 10.9. The smallest absolute Gasteiger partial charge is 0.239 e. The molecule has 0 spiro atoms. The topological polar surface area (TPSA) is 72.3 Å².